The molecule has 1 N–H and O–H groups in total. The van der Waals surface area contributed by atoms with Gasteiger partial charge in [0, 0.05) is 26.7 Å². The van der Waals surface area contributed by atoms with Gasteiger partial charge in [-0.3, -0.25) is 4.79 Å². The summed E-state index contributed by atoms with van der Waals surface area (Å²) in [5.41, 5.74) is 1.25. The van der Waals surface area contributed by atoms with Crippen molar-refractivity contribution in [1.82, 2.24) is 5.32 Å². The number of unbranched alkanes of at least 4 members (excludes halogenated alkanes) is 1. The monoisotopic (exact) mass is 277 g/mol. The van der Waals surface area contributed by atoms with Gasteiger partial charge in [-0.1, -0.05) is 44.2 Å². The van der Waals surface area contributed by atoms with Crippen molar-refractivity contribution < 1.29 is 9.53 Å². The first kappa shape index (κ1) is 16.7. The Morgan fingerprint density at radius 2 is 1.90 bits per heavy atom. The number of methoxy groups -OCH3 is 1. The van der Waals surface area contributed by atoms with E-state index in [-0.39, 0.29) is 11.8 Å². The van der Waals surface area contributed by atoms with Gasteiger partial charge in [0.1, 0.15) is 0 Å². The van der Waals surface area contributed by atoms with Crippen LogP contribution in [0.4, 0.5) is 0 Å². The van der Waals surface area contributed by atoms with E-state index in [1.54, 1.807) is 7.11 Å². The summed E-state index contributed by atoms with van der Waals surface area (Å²) in [5.74, 6) is 0.886. The number of carbonyl (C=O) groups excluding carboxylic acids is 1. The molecule has 3 nitrogen and oxygen atoms in total. The van der Waals surface area contributed by atoms with Crippen LogP contribution in [0.25, 0.3) is 0 Å². The van der Waals surface area contributed by atoms with Crippen LogP contribution in [0.15, 0.2) is 30.3 Å². The van der Waals surface area contributed by atoms with Crippen molar-refractivity contribution in [2.24, 2.45) is 5.92 Å². The van der Waals surface area contributed by atoms with Crippen LogP contribution in [0.3, 0.4) is 0 Å². The molecule has 1 rings (SSSR count). The van der Waals surface area contributed by atoms with Crippen LogP contribution in [0.2, 0.25) is 0 Å². The Labute approximate surface area is 122 Å². The first-order chi connectivity index (χ1) is 9.65. The van der Waals surface area contributed by atoms with E-state index >= 15 is 0 Å². The van der Waals surface area contributed by atoms with Gasteiger partial charge in [-0.05, 0) is 30.2 Å². The minimum absolute atomic E-state index is 0.143. The molecule has 112 valence electrons. The maximum atomic E-state index is 12.0. The quantitative estimate of drug-likeness (QED) is 0.703. The second-order valence-corrected chi connectivity index (χ2v) is 5.52. The Hall–Kier alpha value is -1.35. The molecule has 0 aliphatic heterocycles. The predicted octanol–water partition coefficient (Wildman–Crippen LogP) is 3.36. The van der Waals surface area contributed by atoms with Crippen molar-refractivity contribution in [2.45, 2.75) is 39.0 Å². The van der Waals surface area contributed by atoms with Crippen LogP contribution in [0.5, 0.6) is 0 Å². The van der Waals surface area contributed by atoms with Crippen molar-refractivity contribution in [2.75, 3.05) is 20.3 Å². The number of hydrogen-bond acceptors (Lipinski definition) is 2. The Kier molecular flexibility index (Phi) is 7.97. The minimum Gasteiger partial charge on any atom is -0.385 e. The van der Waals surface area contributed by atoms with Crippen molar-refractivity contribution in [3.63, 3.8) is 0 Å². The van der Waals surface area contributed by atoms with Crippen LogP contribution < -0.4 is 5.32 Å². The fraction of sp³-hybridized carbons (Fsp3) is 0.588. The zero-order valence-corrected chi connectivity index (χ0v) is 12.9. The lowest BCUT2D eigenvalue weighted by atomic mass is 9.85. The highest BCUT2D eigenvalue weighted by Crippen LogP contribution is 2.27. The number of carbonyl (C=O) groups is 1. The number of ether oxygens (including phenoxy) is 1. The highest BCUT2D eigenvalue weighted by Gasteiger charge is 2.19. The topological polar surface area (TPSA) is 38.3 Å². The maximum absolute atomic E-state index is 12.0. The third-order valence-electron chi connectivity index (χ3n) is 3.54. The van der Waals surface area contributed by atoms with E-state index in [1.807, 2.05) is 18.2 Å². The summed E-state index contributed by atoms with van der Waals surface area (Å²) >= 11 is 0. The van der Waals surface area contributed by atoms with Crippen LogP contribution in [0.1, 0.15) is 44.6 Å². The summed E-state index contributed by atoms with van der Waals surface area (Å²) in [5, 5.41) is 3.00. The normalized spacial score (nSPS) is 12.4. The number of nitrogens with one attached hydrogen (secondary N) is 1. The van der Waals surface area contributed by atoms with E-state index in [1.165, 1.54) is 5.56 Å². The van der Waals surface area contributed by atoms with Crippen molar-refractivity contribution >= 4 is 5.91 Å². The number of benzene rings is 1. The summed E-state index contributed by atoms with van der Waals surface area (Å²) < 4.78 is 4.99. The molecule has 0 spiro atoms. The van der Waals surface area contributed by atoms with Crippen molar-refractivity contribution in [3.8, 4) is 0 Å². The number of hydrogen-bond donors (Lipinski definition) is 1. The Bertz CT molecular complexity index is 376. The predicted molar refractivity (Wildman–Crippen MR) is 82.8 cm³/mol. The Morgan fingerprint density at radius 1 is 1.20 bits per heavy atom. The largest absolute Gasteiger partial charge is 0.385 e. The molecule has 0 aromatic heterocycles. The molecule has 20 heavy (non-hydrogen) atoms. The molecule has 1 unspecified atom stereocenters. The second-order valence-electron chi connectivity index (χ2n) is 5.52. The zero-order chi connectivity index (χ0) is 14.8. The van der Waals surface area contributed by atoms with Gasteiger partial charge in [0.25, 0.3) is 0 Å². The van der Waals surface area contributed by atoms with Crippen LogP contribution in [0, 0.1) is 5.92 Å². The summed E-state index contributed by atoms with van der Waals surface area (Å²) in [4.78, 5) is 12.0. The minimum atomic E-state index is 0.143. The van der Waals surface area contributed by atoms with Gasteiger partial charge < -0.3 is 10.1 Å². The van der Waals surface area contributed by atoms with Crippen LogP contribution in [-0.4, -0.2) is 26.2 Å². The molecule has 0 heterocycles. The van der Waals surface area contributed by atoms with E-state index in [4.69, 9.17) is 4.74 Å². The van der Waals surface area contributed by atoms with Crippen LogP contribution in [-0.2, 0) is 9.53 Å². The summed E-state index contributed by atoms with van der Waals surface area (Å²) in [6, 6.07) is 10.3. The second kappa shape index (κ2) is 9.54. The maximum Gasteiger partial charge on any atom is 0.220 e. The average Bonchev–Trinajstić information content (AvgIpc) is 2.45. The van der Waals surface area contributed by atoms with Crippen molar-refractivity contribution in [1.29, 1.82) is 0 Å². The Balaban J connectivity index is 2.40. The molecule has 0 fully saturated rings. The molecule has 0 saturated carbocycles. The van der Waals surface area contributed by atoms with E-state index in [0.29, 0.717) is 12.3 Å². The van der Waals surface area contributed by atoms with Gasteiger partial charge in [-0.2, -0.15) is 0 Å². The van der Waals surface area contributed by atoms with Gasteiger partial charge >= 0.3 is 0 Å². The lowest BCUT2D eigenvalue weighted by Gasteiger charge is -2.21. The molecule has 0 bridgehead atoms. The lowest BCUT2D eigenvalue weighted by molar-refractivity contribution is -0.121. The van der Waals surface area contributed by atoms with Crippen LogP contribution >= 0.6 is 0 Å². The van der Waals surface area contributed by atoms with E-state index in [9.17, 15) is 4.79 Å². The molecule has 0 aliphatic carbocycles. The third kappa shape index (κ3) is 6.20. The van der Waals surface area contributed by atoms with Gasteiger partial charge in [0.05, 0.1) is 0 Å². The van der Waals surface area contributed by atoms with E-state index in [0.717, 1.165) is 26.0 Å². The van der Waals surface area contributed by atoms with Gasteiger partial charge in [0.15, 0.2) is 0 Å². The highest BCUT2D eigenvalue weighted by atomic mass is 16.5. The highest BCUT2D eigenvalue weighted by molar-refractivity contribution is 5.76. The van der Waals surface area contributed by atoms with E-state index < -0.39 is 0 Å². The zero-order valence-electron chi connectivity index (χ0n) is 12.9. The number of amides is 1. The van der Waals surface area contributed by atoms with E-state index in [2.05, 4.69) is 31.3 Å². The lowest BCUT2D eigenvalue weighted by Crippen LogP contribution is -2.27. The fourth-order valence-electron chi connectivity index (χ4n) is 2.31. The third-order valence-corrected chi connectivity index (χ3v) is 3.54. The molecular formula is C17H27NO2. The molecule has 0 radical (unpaired) electrons. The molecule has 1 aromatic rings. The molecule has 1 amide bonds. The smallest absolute Gasteiger partial charge is 0.220 e. The number of rotatable bonds is 9. The first-order valence-electron chi connectivity index (χ1n) is 7.45. The fourth-order valence-corrected chi connectivity index (χ4v) is 2.31. The van der Waals surface area contributed by atoms with Gasteiger partial charge in [-0.15, -0.1) is 0 Å². The first-order valence-corrected chi connectivity index (χ1v) is 7.45. The SMILES string of the molecule is COCCCCNC(=O)CC(c1ccccc1)C(C)C. The molecule has 1 aromatic carbocycles. The summed E-state index contributed by atoms with van der Waals surface area (Å²) in [6.07, 6.45) is 2.52. The summed E-state index contributed by atoms with van der Waals surface area (Å²) in [6.45, 7) is 5.84. The van der Waals surface area contributed by atoms with Crippen molar-refractivity contribution in [3.05, 3.63) is 35.9 Å². The summed E-state index contributed by atoms with van der Waals surface area (Å²) in [7, 11) is 1.70. The average molecular weight is 277 g/mol. The molecule has 0 saturated heterocycles. The van der Waals surface area contributed by atoms with Gasteiger partial charge in [0.2, 0.25) is 5.91 Å². The standard InChI is InChI=1S/C17H27NO2/c1-14(2)16(15-9-5-4-6-10-15)13-17(19)18-11-7-8-12-20-3/h4-6,9-10,14,16H,7-8,11-13H2,1-3H3,(H,18,19). The molecular weight excluding hydrogens is 250 g/mol. The van der Waals surface area contributed by atoms with Gasteiger partial charge in [-0.25, -0.2) is 0 Å². The molecule has 3 heteroatoms. The molecule has 0 aliphatic rings. The Morgan fingerprint density at radius 3 is 2.50 bits per heavy atom. The molecule has 1 atom stereocenters.